The summed E-state index contributed by atoms with van der Waals surface area (Å²) in [5.74, 6) is 0.113. The van der Waals surface area contributed by atoms with Crippen LogP contribution in [0, 0.1) is 0 Å². The van der Waals surface area contributed by atoms with Crippen LogP contribution < -0.4 is 14.8 Å². The average Bonchev–Trinajstić information content (AvgIpc) is 3.15. The standard InChI is InChI=1S/C18H16N4O4S/c23-18-12-26-17-7-6-14(10-16(17)20-18)27(24,25)21-15-5-2-1-4-13(15)11-22-9-3-8-19-22/h1-10,21H,11-12H2,(H,20,23). The monoisotopic (exact) mass is 384 g/mol. The fourth-order valence-electron chi connectivity index (χ4n) is 2.76. The number of ether oxygens (including phenoxy) is 1. The molecule has 0 saturated heterocycles. The summed E-state index contributed by atoms with van der Waals surface area (Å²) >= 11 is 0. The van der Waals surface area contributed by atoms with E-state index in [0.29, 0.717) is 23.7 Å². The molecule has 1 aliphatic rings. The molecular formula is C18H16N4O4S. The van der Waals surface area contributed by atoms with Gasteiger partial charge in [-0.05, 0) is 35.9 Å². The van der Waals surface area contributed by atoms with E-state index in [1.54, 1.807) is 35.3 Å². The van der Waals surface area contributed by atoms with Crippen LogP contribution in [-0.2, 0) is 21.4 Å². The van der Waals surface area contributed by atoms with Gasteiger partial charge in [-0.25, -0.2) is 8.42 Å². The Morgan fingerprint density at radius 1 is 1.19 bits per heavy atom. The number of nitrogens with one attached hydrogen (secondary N) is 2. The van der Waals surface area contributed by atoms with Gasteiger partial charge in [0.2, 0.25) is 0 Å². The van der Waals surface area contributed by atoms with Crippen molar-refractivity contribution in [1.29, 1.82) is 0 Å². The third kappa shape index (κ3) is 3.63. The van der Waals surface area contributed by atoms with Gasteiger partial charge in [-0.15, -0.1) is 0 Å². The number of carbonyl (C=O) groups excluding carboxylic acids is 1. The van der Waals surface area contributed by atoms with Crippen LogP contribution in [0.1, 0.15) is 5.56 Å². The summed E-state index contributed by atoms with van der Waals surface area (Å²) < 4.78 is 35.3. The highest BCUT2D eigenvalue weighted by Crippen LogP contribution is 2.31. The van der Waals surface area contributed by atoms with E-state index >= 15 is 0 Å². The first-order valence-corrected chi connectivity index (χ1v) is 9.64. The van der Waals surface area contributed by atoms with Gasteiger partial charge in [0.15, 0.2) is 6.61 Å². The van der Waals surface area contributed by atoms with Crippen molar-refractivity contribution in [3.05, 3.63) is 66.5 Å². The van der Waals surface area contributed by atoms with Crippen LogP contribution in [0.5, 0.6) is 5.75 Å². The fraction of sp³-hybridized carbons (Fsp3) is 0.111. The van der Waals surface area contributed by atoms with Crippen molar-refractivity contribution >= 4 is 27.3 Å². The van der Waals surface area contributed by atoms with Crippen LogP contribution in [0.2, 0.25) is 0 Å². The van der Waals surface area contributed by atoms with E-state index in [0.717, 1.165) is 5.56 Å². The molecule has 0 aliphatic carbocycles. The van der Waals surface area contributed by atoms with Crippen LogP contribution in [0.3, 0.4) is 0 Å². The Morgan fingerprint density at radius 2 is 2.04 bits per heavy atom. The van der Waals surface area contributed by atoms with Gasteiger partial charge in [-0.1, -0.05) is 18.2 Å². The number of aromatic nitrogens is 2. The van der Waals surface area contributed by atoms with Gasteiger partial charge in [0, 0.05) is 12.4 Å². The van der Waals surface area contributed by atoms with Crippen LogP contribution in [0.15, 0.2) is 65.8 Å². The summed E-state index contributed by atoms with van der Waals surface area (Å²) in [5, 5.41) is 6.76. The largest absolute Gasteiger partial charge is 0.482 e. The molecule has 0 spiro atoms. The number of hydrogen-bond acceptors (Lipinski definition) is 5. The number of rotatable bonds is 5. The predicted octanol–water partition coefficient (Wildman–Crippen LogP) is 2.06. The Hall–Kier alpha value is -3.33. The first kappa shape index (κ1) is 17.1. The molecule has 1 amide bonds. The van der Waals surface area contributed by atoms with Crippen LogP contribution >= 0.6 is 0 Å². The zero-order chi connectivity index (χ0) is 18.9. The lowest BCUT2D eigenvalue weighted by atomic mass is 10.2. The molecule has 4 rings (SSSR count). The third-order valence-electron chi connectivity index (χ3n) is 4.05. The van der Waals surface area contributed by atoms with E-state index in [2.05, 4.69) is 15.1 Å². The highest BCUT2D eigenvalue weighted by molar-refractivity contribution is 7.92. The van der Waals surface area contributed by atoms with Gasteiger partial charge in [0.05, 0.1) is 22.8 Å². The molecule has 0 fully saturated rings. The first-order chi connectivity index (χ1) is 13.0. The van der Waals surface area contributed by atoms with Gasteiger partial charge in [0.25, 0.3) is 15.9 Å². The Kier molecular flexibility index (Phi) is 4.28. The molecule has 8 nitrogen and oxygen atoms in total. The molecule has 1 aromatic heterocycles. The molecule has 1 aliphatic heterocycles. The topological polar surface area (TPSA) is 102 Å². The van der Waals surface area contributed by atoms with Gasteiger partial charge < -0.3 is 10.1 Å². The number of fused-ring (bicyclic) bond motifs is 1. The Balaban J connectivity index is 1.63. The maximum Gasteiger partial charge on any atom is 0.262 e. The number of anilines is 2. The van der Waals surface area contributed by atoms with Crippen molar-refractivity contribution in [2.45, 2.75) is 11.4 Å². The average molecular weight is 384 g/mol. The van der Waals surface area contributed by atoms with Gasteiger partial charge in [-0.2, -0.15) is 5.10 Å². The zero-order valence-electron chi connectivity index (χ0n) is 14.1. The van der Waals surface area contributed by atoms with Crippen LogP contribution in [0.25, 0.3) is 0 Å². The van der Waals surface area contributed by atoms with Gasteiger partial charge in [0.1, 0.15) is 5.75 Å². The molecule has 2 N–H and O–H groups in total. The number of sulfonamides is 1. The number of carbonyl (C=O) groups is 1. The molecule has 3 aromatic rings. The second-order valence-electron chi connectivity index (χ2n) is 5.96. The molecule has 0 atom stereocenters. The van der Waals surface area contributed by atoms with Crippen molar-refractivity contribution < 1.29 is 17.9 Å². The van der Waals surface area contributed by atoms with E-state index in [1.165, 1.54) is 18.2 Å². The van der Waals surface area contributed by atoms with E-state index in [-0.39, 0.29) is 17.4 Å². The lowest BCUT2D eigenvalue weighted by Gasteiger charge is -2.19. The van der Waals surface area contributed by atoms with Crippen molar-refractivity contribution in [3.63, 3.8) is 0 Å². The van der Waals surface area contributed by atoms with Crippen molar-refractivity contribution in [3.8, 4) is 5.75 Å². The van der Waals surface area contributed by atoms with Crippen molar-refractivity contribution in [2.24, 2.45) is 0 Å². The maximum atomic E-state index is 12.8. The normalized spacial score (nSPS) is 13.4. The third-order valence-corrected chi connectivity index (χ3v) is 5.41. The van der Waals surface area contributed by atoms with Crippen molar-refractivity contribution in [2.75, 3.05) is 16.6 Å². The number of para-hydroxylation sites is 1. The summed E-state index contributed by atoms with van der Waals surface area (Å²) in [6, 6.07) is 13.3. The molecule has 0 unspecified atom stereocenters. The second kappa shape index (κ2) is 6.76. The number of amides is 1. The van der Waals surface area contributed by atoms with Gasteiger partial charge >= 0.3 is 0 Å². The molecule has 0 bridgehead atoms. The molecule has 2 heterocycles. The van der Waals surface area contributed by atoms with Crippen LogP contribution in [0.4, 0.5) is 11.4 Å². The zero-order valence-corrected chi connectivity index (χ0v) is 14.9. The maximum absolute atomic E-state index is 12.8. The quantitative estimate of drug-likeness (QED) is 0.701. The van der Waals surface area contributed by atoms with E-state index in [4.69, 9.17) is 4.74 Å². The molecular weight excluding hydrogens is 368 g/mol. The number of nitrogens with zero attached hydrogens (tertiary/aromatic N) is 2. The van der Waals surface area contributed by atoms with E-state index in [9.17, 15) is 13.2 Å². The lowest BCUT2D eigenvalue weighted by molar-refractivity contribution is -0.118. The Bertz CT molecular complexity index is 1090. The molecule has 2 aromatic carbocycles. The first-order valence-electron chi connectivity index (χ1n) is 8.16. The summed E-state index contributed by atoms with van der Waals surface area (Å²) in [6.45, 7) is 0.345. The molecule has 0 saturated carbocycles. The Labute approximate surface area is 155 Å². The summed E-state index contributed by atoms with van der Waals surface area (Å²) in [6.07, 6.45) is 3.47. The molecule has 138 valence electrons. The van der Waals surface area contributed by atoms with Gasteiger partial charge in [-0.3, -0.25) is 14.2 Å². The van der Waals surface area contributed by atoms with Crippen molar-refractivity contribution in [1.82, 2.24) is 9.78 Å². The van der Waals surface area contributed by atoms with E-state index < -0.39 is 10.0 Å². The SMILES string of the molecule is O=C1COc2ccc(S(=O)(=O)Nc3ccccc3Cn3cccn3)cc2N1. The minimum atomic E-state index is -3.85. The molecule has 9 heteroatoms. The Morgan fingerprint density at radius 3 is 2.85 bits per heavy atom. The predicted molar refractivity (Wildman–Crippen MR) is 99.1 cm³/mol. The molecule has 27 heavy (non-hydrogen) atoms. The summed E-state index contributed by atoms with van der Waals surface area (Å²) in [5.41, 5.74) is 1.57. The summed E-state index contributed by atoms with van der Waals surface area (Å²) in [7, 11) is -3.85. The second-order valence-corrected chi connectivity index (χ2v) is 7.64. The fourth-order valence-corrected chi connectivity index (χ4v) is 3.89. The number of benzene rings is 2. The minimum absolute atomic E-state index is 0.0287. The number of hydrogen-bond donors (Lipinski definition) is 2. The lowest BCUT2D eigenvalue weighted by Crippen LogP contribution is -2.25. The summed E-state index contributed by atoms with van der Waals surface area (Å²) in [4.78, 5) is 11.5. The van der Waals surface area contributed by atoms with Crippen LogP contribution in [-0.4, -0.2) is 30.7 Å². The highest BCUT2D eigenvalue weighted by Gasteiger charge is 2.21. The minimum Gasteiger partial charge on any atom is -0.482 e. The highest BCUT2D eigenvalue weighted by atomic mass is 32.2. The smallest absolute Gasteiger partial charge is 0.262 e. The van der Waals surface area contributed by atoms with E-state index in [1.807, 2.05) is 12.1 Å². The molecule has 0 radical (unpaired) electrons.